The van der Waals surface area contributed by atoms with Gasteiger partial charge in [0, 0.05) is 20.1 Å². The highest BCUT2D eigenvalue weighted by Gasteiger charge is 2.21. The van der Waals surface area contributed by atoms with E-state index in [1.807, 2.05) is 5.01 Å². The molecule has 7 nitrogen and oxygen atoms in total. The van der Waals surface area contributed by atoms with Crippen LogP contribution in [0.1, 0.15) is 16.1 Å². The Morgan fingerprint density at radius 2 is 2.12 bits per heavy atom. The molecule has 0 unspecified atom stereocenters. The second-order valence-electron chi connectivity index (χ2n) is 3.95. The number of morpholine rings is 1. The highest BCUT2D eigenvalue weighted by atomic mass is 16.5. The largest absolute Gasteiger partial charge is 0.477 e. The third-order valence-electron chi connectivity index (χ3n) is 2.71. The van der Waals surface area contributed by atoms with E-state index in [4.69, 9.17) is 9.84 Å². The fourth-order valence-corrected chi connectivity index (χ4v) is 1.87. The van der Waals surface area contributed by atoms with Crippen molar-refractivity contribution >= 4 is 11.8 Å². The first-order valence-corrected chi connectivity index (χ1v) is 5.46. The third-order valence-corrected chi connectivity index (χ3v) is 2.71. The molecule has 0 saturated carbocycles. The molecule has 0 atom stereocenters. The molecular weight excluding hydrogens is 224 g/mol. The minimum Gasteiger partial charge on any atom is -0.477 e. The van der Waals surface area contributed by atoms with Gasteiger partial charge in [0.1, 0.15) is 5.56 Å². The normalized spacial score (nSPS) is 17.1. The lowest BCUT2D eigenvalue weighted by molar-refractivity contribution is 0.0491. The van der Waals surface area contributed by atoms with Crippen LogP contribution in [0.5, 0.6) is 0 Å². The number of ether oxygens (including phenoxy) is 1. The van der Waals surface area contributed by atoms with E-state index >= 15 is 0 Å². The maximum Gasteiger partial charge on any atom is 0.341 e. The lowest BCUT2D eigenvalue weighted by Crippen LogP contribution is -2.41. The van der Waals surface area contributed by atoms with Gasteiger partial charge in [-0.3, -0.25) is 4.68 Å². The van der Waals surface area contributed by atoms with Gasteiger partial charge in [0.15, 0.2) is 5.82 Å². The number of carboxylic acids is 1. The fourth-order valence-electron chi connectivity index (χ4n) is 1.87. The average molecular weight is 240 g/mol. The van der Waals surface area contributed by atoms with Gasteiger partial charge >= 0.3 is 5.97 Å². The summed E-state index contributed by atoms with van der Waals surface area (Å²) in [5.41, 5.74) is 3.82. The number of aryl methyl sites for hydroxylation is 2. The lowest BCUT2D eigenvalue weighted by Gasteiger charge is -2.28. The van der Waals surface area contributed by atoms with Crippen LogP contribution in [-0.4, -0.2) is 52.2 Å². The van der Waals surface area contributed by atoms with Crippen molar-refractivity contribution < 1.29 is 14.6 Å². The van der Waals surface area contributed by atoms with Crippen molar-refractivity contribution in [3.05, 3.63) is 11.3 Å². The summed E-state index contributed by atoms with van der Waals surface area (Å²) in [6.45, 7) is 4.43. The summed E-state index contributed by atoms with van der Waals surface area (Å²) in [5.74, 6) is -0.455. The summed E-state index contributed by atoms with van der Waals surface area (Å²) >= 11 is 0. The molecule has 2 rings (SSSR count). The van der Waals surface area contributed by atoms with Crippen molar-refractivity contribution in [1.82, 2.24) is 14.8 Å². The number of anilines is 1. The fraction of sp³-hybridized carbons (Fsp3) is 0.600. The molecule has 1 aliphatic rings. The van der Waals surface area contributed by atoms with Crippen LogP contribution >= 0.6 is 0 Å². The number of nitrogens with one attached hydrogen (secondary N) is 1. The number of nitrogens with zero attached hydrogens (tertiary/aromatic N) is 3. The van der Waals surface area contributed by atoms with Crippen molar-refractivity contribution in [2.75, 3.05) is 31.7 Å². The molecule has 1 aromatic heterocycles. The minimum atomic E-state index is -0.966. The zero-order valence-electron chi connectivity index (χ0n) is 9.93. The molecule has 0 aliphatic carbocycles. The highest BCUT2D eigenvalue weighted by molar-refractivity contribution is 5.94. The Bertz CT molecular complexity index is 423. The van der Waals surface area contributed by atoms with Crippen molar-refractivity contribution in [2.45, 2.75) is 6.92 Å². The Hall–Kier alpha value is -1.60. The molecule has 1 saturated heterocycles. The molecule has 0 spiro atoms. The van der Waals surface area contributed by atoms with Gasteiger partial charge in [0.05, 0.1) is 18.9 Å². The van der Waals surface area contributed by atoms with E-state index in [-0.39, 0.29) is 5.56 Å². The first kappa shape index (κ1) is 11.9. The van der Waals surface area contributed by atoms with E-state index in [1.54, 1.807) is 18.7 Å². The van der Waals surface area contributed by atoms with E-state index in [1.165, 1.54) is 0 Å². The van der Waals surface area contributed by atoms with Crippen LogP contribution in [0.25, 0.3) is 0 Å². The lowest BCUT2D eigenvalue weighted by atomic mass is 10.2. The molecule has 17 heavy (non-hydrogen) atoms. The number of hydrogen-bond acceptors (Lipinski definition) is 5. The molecule has 2 heterocycles. The van der Waals surface area contributed by atoms with Gasteiger partial charge in [-0.15, -0.1) is 0 Å². The van der Waals surface area contributed by atoms with Crippen LogP contribution in [0, 0.1) is 6.92 Å². The summed E-state index contributed by atoms with van der Waals surface area (Å²) in [6.07, 6.45) is 0. The van der Waals surface area contributed by atoms with Gasteiger partial charge in [0.2, 0.25) is 0 Å². The standard InChI is InChI=1S/C10H16N4O3/c1-7-8(10(15)16)9(13(2)11-7)12-14-3-5-17-6-4-14/h12H,3-6H2,1-2H3,(H,15,16). The molecule has 1 fully saturated rings. The average Bonchev–Trinajstić information content (AvgIpc) is 2.55. The topological polar surface area (TPSA) is 79.6 Å². The highest BCUT2D eigenvalue weighted by Crippen LogP contribution is 2.19. The molecule has 0 amide bonds. The van der Waals surface area contributed by atoms with E-state index < -0.39 is 5.97 Å². The molecule has 0 bridgehead atoms. The Kier molecular flexibility index (Phi) is 3.30. The van der Waals surface area contributed by atoms with Gasteiger partial charge in [-0.1, -0.05) is 0 Å². The number of carbonyl (C=O) groups is 1. The molecule has 7 heteroatoms. The van der Waals surface area contributed by atoms with Gasteiger partial charge in [-0.25, -0.2) is 9.80 Å². The second-order valence-corrected chi connectivity index (χ2v) is 3.95. The monoisotopic (exact) mass is 240 g/mol. The summed E-state index contributed by atoms with van der Waals surface area (Å²) < 4.78 is 6.78. The van der Waals surface area contributed by atoms with Gasteiger partial charge < -0.3 is 15.3 Å². The SMILES string of the molecule is Cc1nn(C)c(NN2CCOCC2)c1C(=O)O. The number of rotatable bonds is 3. The zero-order chi connectivity index (χ0) is 12.4. The Morgan fingerprint density at radius 3 is 2.71 bits per heavy atom. The van der Waals surface area contributed by atoms with Gasteiger partial charge in [-0.05, 0) is 6.92 Å². The summed E-state index contributed by atoms with van der Waals surface area (Å²) in [5, 5.41) is 15.2. The van der Waals surface area contributed by atoms with E-state index in [2.05, 4.69) is 10.5 Å². The van der Waals surface area contributed by atoms with Crippen molar-refractivity contribution in [2.24, 2.45) is 7.05 Å². The number of aromatic nitrogens is 2. The van der Waals surface area contributed by atoms with Crippen LogP contribution in [0.3, 0.4) is 0 Å². The van der Waals surface area contributed by atoms with Gasteiger partial charge in [0.25, 0.3) is 0 Å². The summed E-state index contributed by atoms with van der Waals surface area (Å²) in [6, 6.07) is 0. The van der Waals surface area contributed by atoms with Gasteiger partial charge in [-0.2, -0.15) is 5.10 Å². The quantitative estimate of drug-likeness (QED) is 0.779. The van der Waals surface area contributed by atoms with Crippen LogP contribution < -0.4 is 5.43 Å². The number of hydrazine groups is 1. The maximum absolute atomic E-state index is 11.2. The van der Waals surface area contributed by atoms with Crippen LogP contribution in [0.2, 0.25) is 0 Å². The molecule has 1 aromatic rings. The molecular formula is C10H16N4O3. The summed E-state index contributed by atoms with van der Waals surface area (Å²) in [4.78, 5) is 11.2. The number of hydrogen-bond donors (Lipinski definition) is 2. The summed E-state index contributed by atoms with van der Waals surface area (Å²) in [7, 11) is 1.72. The Morgan fingerprint density at radius 1 is 1.47 bits per heavy atom. The zero-order valence-corrected chi connectivity index (χ0v) is 9.93. The predicted molar refractivity (Wildman–Crippen MR) is 60.9 cm³/mol. The van der Waals surface area contributed by atoms with E-state index in [0.29, 0.717) is 24.7 Å². The molecule has 0 aromatic carbocycles. The van der Waals surface area contributed by atoms with Crippen molar-refractivity contribution in [3.8, 4) is 0 Å². The predicted octanol–water partition coefficient (Wildman–Crippen LogP) is 0.0858. The Labute approximate surface area is 98.9 Å². The van der Waals surface area contributed by atoms with Crippen LogP contribution in [0.4, 0.5) is 5.82 Å². The van der Waals surface area contributed by atoms with Crippen LogP contribution in [0.15, 0.2) is 0 Å². The van der Waals surface area contributed by atoms with Crippen LogP contribution in [-0.2, 0) is 11.8 Å². The number of aromatic carboxylic acids is 1. The molecule has 2 N–H and O–H groups in total. The Balaban J connectivity index is 2.21. The third kappa shape index (κ3) is 2.40. The minimum absolute atomic E-state index is 0.221. The smallest absolute Gasteiger partial charge is 0.341 e. The van der Waals surface area contributed by atoms with Crippen molar-refractivity contribution in [1.29, 1.82) is 0 Å². The maximum atomic E-state index is 11.2. The number of carboxylic acid groups (broad SMARTS) is 1. The molecule has 0 radical (unpaired) electrons. The molecule has 94 valence electrons. The molecule has 1 aliphatic heterocycles. The van der Waals surface area contributed by atoms with E-state index in [0.717, 1.165) is 13.1 Å². The van der Waals surface area contributed by atoms with E-state index in [9.17, 15) is 4.79 Å². The first-order valence-electron chi connectivity index (χ1n) is 5.46. The van der Waals surface area contributed by atoms with Crippen molar-refractivity contribution in [3.63, 3.8) is 0 Å². The second kappa shape index (κ2) is 4.72. The first-order chi connectivity index (χ1) is 8.09.